The minimum Gasteiger partial charge on any atom is -0.384 e. The molecule has 0 spiro atoms. The van der Waals surface area contributed by atoms with Crippen molar-refractivity contribution in [2.45, 2.75) is 6.42 Å². The Morgan fingerprint density at radius 2 is 1.85 bits per heavy atom. The summed E-state index contributed by atoms with van der Waals surface area (Å²) in [6.07, 6.45) is 0.309. The Bertz CT molecular complexity index is 604. The second kappa shape index (κ2) is 7.05. The quantitative estimate of drug-likeness (QED) is 0.865. The molecule has 20 heavy (non-hydrogen) atoms. The van der Waals surface area contributed by atoms with E-state index in [1.165, 1.54) is 12.1 Å². The number of amides is 1. The van der Waals surface area contributed by atoms with E-state index < -0.39 is 0 Å². The molecule has 5 heteroatoms. The van der Waals surface area contributed by atoms with Gasteiger partial charge >= 0.3 is 0 Å². The first-order chi connectivity index (χ1) is 9.63. The molecule has 2 aromatic rings. The molecule has 0 aliphatic heterocycles. The van der Waals surface area contributed by atoms with Crippen LogP contribution in [-0.2, 0) is 4.79 Å². The van der Waals surface area contributed by atoms with Crippen molar-refractivity contribution in [2.75, 3.05) is 17.2 Å². The molecule has 0 saturated heterocycles. The molecule has 0 aliphatic carbocycles. The van der Waals surface area contributed by atoms with Crippen molar-refractivity contribution in [1.82, 2.24) is 0 Å². The minimum atomic E-state index is -0.298. The molecule has 0 radical (unpaired) electrons. The molecule has 1 amide bonds. The first-order valence-corrected chi connectivity index (χ1v) is 6.97. The SMILES string of the molecule is O=C(CCNc1cccc(F)c1)Nc1cccc(Br)c1. The summed E-state index contributed by atoms with van der Waals surface area (Å²) in [7, 11) is 0. The van der Waals surface area contributed by atoms with Crippen LogP contribution < -0.4 is 10.6 Å². The largest absolute Gasteiger partial charge is 0.384 e. The summed E-state index contributed by atoms with van der Waals surface area (Å²) in [5.74, 6) is -0.388. The van der Waals surface area contributed by atoms with Gasteiger partial charge in [-0.3, -0.25) is 4.79 Å². The minimum absolute atomic E-state index is 0.0907. The van der Waals surface area contributed by atoms with E-state index >= 15 is 0 Å². The van der Waals surface area contributed by atoms with E-state index in [9.17, 15) is 9.18 Å². The summed E-state index contributed by atoms with van der Waals surface area (Å²) in [4.78, 5) is 11.7. The molecule has 0 saturated carbocycles. The van der Waals surface area contributed by atoms with Gasteiger partial charge in [0.1, 0.15) is 5.82 Å². The highest BCUT2D eigenvalue weighted by Gasteiger charge is 2.02. The molecule has 104 valence electrons. The lowest BCUT2D eigenvalue weighted by atomic mass is 10.3. The van der Waals surface area contributed by atoms with Gasteiger partial charge in [0.05, 0.1) is 0 Å². The maximum absolute atomic E-state index is 13.0. The molecule has 0 unspecified atom stereocenters. The lowest BCUT2D eigenvalue weighted by Crippen LogP contribution is -2.16. The summed E-state index contributed by atoms with van der Waals surface area (Å²) in [5.41, 5.74) is 1.41. The van der Waals surface area contributed by atoms with Crippen LogP contribution in [0.2, 0.25) is 0 Å². The van der Waals surface area contributed by atoms with Crippen LogP contribution in [0.1, 0.15) is 6.42 Å². The summed E-state index contributed by atoms with van der Waals surface area (Å²) < 4.78 is 13.9. The van der Waals surface area contributed by atoms with Gasteiger partial charge in [-0.05, 0) is 36.4 Å². The fourth-order valence-corrected chi connectivity index (χ4v) is 2.11. The van der Waals surface area contributed by atoms with Gasteiger partial charge in [0, 0.05) is 28.8 Å². The summed E-state index contributed by atoms with van der Waals surface area (Å²) >= 11 is 3.34. The predicted molar refractivity (Wildman–Crippen MR) is 82.3 cm³/mol. The fourth-order valence-electron chi connectivity index (χ4n) is 1.71. The topological polar surface area (TPSA) is 41.1 Å². The van der Waals surface area contributed by atoms with E-state index in [1.54, 1.807) is 12.1 Å². The maximum atomic E-state index is 13.0. The van der Waals surface area contributed by atoms with E-state index in [2.05, 4.69) is 26.6 Å². The zero-order valence-electron chi connectivity index (χ0n) is 10.7. The number of hydrogen-bond acceptors (Lipinski definition) is 2. The van der Waals surface area contributed by atoms with Crippen LogP contribution in [0.3, 0.4) is 0 Å². The van der Waals surface area contributed by atoms with Gasteiger partial charge in [0.2, 0.25) is 5.91 Å². The molecular formula is C15H14BrFN2O. The smallest absolute Gasteiger partial charge is 0.226 e. The zero-order chi connectivity index (χ0) is 14.4. The number of benzene rings is 2. The first kappa shape index (κ1) is 14.5. The standard InChI is InChI=1S/C15H14BrFN2O/c16-11-3-1-6-14(9-11)19-15(20)7-8-18-13-5-2-4-12(17)10-13/h1-6,9-10,18H,7-8H2,(H,19,20). The highest BCUT2D eigenvalue weighted by Crippen LogP contribution is 2.15. The summed E-state index contributed by atoms with van der Waals surface area (Å²) in [5, 5.41) is 5.80. The fraction of sp³-hybridized carbons (Fsp3) is 0.133. The number of carbonyl (C=O) groups excluding carboxylic acids is 1. The molecule has 0 aromatic heterocycles. The van der Waals surface area contributed by atoms with Crippen molar-refractivity contribution in [3.8, 4) is 0 Å². The van der Waals surface area contributed by atoms with Gasteiger partial charge in [-0.2, -0.15) is 0 Å². The van der Waals surface area contributed by atoms with Crippen LogP contribution in [0, 0.1) is 5.82 Å². The summed E-state index contributed by atoms with van der Waals surface area (Å²) in [6.45, 7) is 0.448. The van der Waals surface area contributed by atoms with Crippen LogP contribution in [-0.4, -0.2) is 12.5 Å². The van der Waals surface area contributed by atoms with Crippen LogP contribution in [0.5, 0.6) is 0 Å². The number of carbonyl (C=O) groups is 1. The van der Waals surface area contributed by atoms with Gasteiger partial charge in [-0.15, -0.1) is 0 Å². The molecule has 0 fully saturated rings. The van der Waals surface area contributed by atoms with E-state index in [1.807, 2.05) is 24.3 Å². The molecule has 2 aromatic carbocycles. The van der Waals surface area contributed by atoms with Crippen LogP contribution in [0.4, 0.5) is 15.8 Å². The third-order valence-corrected chi connectivity index (χ3v) is 3.11. The second-order valence-corrected chi connectivity index (χ2v) is 5.16. The second-order valence-electron chi connectivity index (χ2n) is 4.25. The van der Waals surface area contributed by atoms with Gasteiger partial charge < -0.3 is 10.6 Å². The van der Waals surface area contributed by atoms with Gasteiger partial charge in [0.25, 0.3) is 0 Å². The molecule has 0 heterocycles. The van der Waals surface area contributed by atoms with Crippen molar-refractivity contribution in [3.05, 3.63) is 58.8 Å². The van der Waals surface area contributed by atoms with Gasteiger partial charge in [-0.25, -0.2) is 4.39 Å². The Morgan fingerprint density at radius 1 is 1.10 bits per heavy atom. The number of anilines is 2. The molecule has 3 nitrogen and oxygen atoms in total. The Hall–Kier alpha value is -1.88. The normalized spacial score (nSPS) is 10.1. The van der Waals surface area contributed by atoms with Crippen LogP contribution in [0.15, 0.2) is 53.0 Å². The highest BCUT2D eigenvalue weighted by molar-refractivity contribution is 9.10. The Labute approximate surface area is 125 Å². The average Bonchev–Trinajstić information content (AvgIpc) is 2.38. The molecule has 2 rings (SSSR count). The van der Waals surface area contributed by atoms with E-state index in [-0.39, 0.29) is 11.7 Å². The number of rotatable bonds is 5. The van der Waals surface area contributed by atoms with Gasteiger partial charge in [-0.1, -0.05) is 28.1 Å². The number of hydrogen-bond donors (Lipinski definition) is 2. The predicted octanol–water partition coefficient (Wildman–Crippen LogP) is 4.03. The van der Waals surface area contributed by atoms with Crippen LogP contribution >= 0.6 is 15.9 Å². The lowest BCUT2D eigenvalue weighted by molar-refractivity contribution is -0.115. The number of nitrogens with one attached hydrogen (secondary N) is 2. The summed E-state index contributed by atoms with van der Waals surface area (Å²) in [6, 6.07) is 13.6. The Balaban J connectivity index is 1.78. The van der Waals surface area contributed by atoms with Gasteiger partial charge in [0.15, 0.2) is 0 Å². The molecule has 0 atom stereocenters. The molecular weight excluding hydrogens is 323 g/mol. The first-order valence-electron chi connectivity index (χ1n) is 6.18. The highest BCUT2D eigenvalue weighted by atomic mass is 79.9. The Kier molecular flexibility index (Phi) is 5.12. The Morgan fingerprint density at radius 3 is 2.60 bits per heavy atom. The lowest BCUT2D eigenvalue weighted by Gasteiger charge is -2.08. The molecule has 0 aliphatic rings. The van der Waals surface area contributed by atoms with Crippen molar-refractivity contribution < 1.29 is 9.18 Å². The molecule has 0 bridgehead atoms. The maximum Gasteiger partial charge on any atom is 0.226 e. The van der Waals surface area contributed by atoms with E-state index in [0.717, 1.165) is 10.2 Å². The third-order valence-electron chi connectivity index (χ3n) is 2.61. The van der Waals surface area contributed by atoms with Crippen molar-refractivity contribution >= 4 is 33.2 Å². The van der Waals surface area contributed by atoms with Crippen LogP contribution in [0.25, 0.3) is 0 Å². The van der Waals surface area contributed by atoms with E-state index in [4.69, 9.17) is 0 Å². The van der Waals surface area contributed by atoms with Crippen molar-refractivity contribution in [3.63, 3.8) is 0 Å². The van der Waals surface area contributed by atoms with Crippen molar-refractivity contribution in [2.24, 2.45) is 0 Å². The van der Waals surface area contributed by atoms with Crippen molar-refractivity contribution in [1.29, 1.82) is 0 Å². The van der Waals surface area contributed by atoms with E-state index in [0.29, 0.717) is 18.7 Å². The molecule has 2 N–H and O–H groups in total. The number of halogens is 2. The zero-order valence-corrected chi connectivity index (χ0v) is 12.3. The monoisotopic (exact) mass is 336 g/mol. The average molecular weight is 337 g/mol. The third kappa shape index (κ3) is 4.66.